The highest BCUT2D eigenvalue weighted by Crippen LogP contribution is 2.64. The average Bonchev–Trinajstić information content (AvgIpc) is 3.12. The van der Waals surface area contributed by atoms with Crippen LogP contribution in [0.25, 0.3) is 0 Å². The molecular formula is C28H44NO4+. The molecular weight excluding hydrogens is 414 g/mol. The van der Waals surface area contributed by atoms with Gasteiger partial charge in [-0.2, -0.15) is 0 Å². The number of quaternary nitrogens is 1. The lowest BCUT2D eigenvalue weighted by atomic mass is 9.48. The van der Waals surface area contributed by atoms with Crippen LogP contribution in [0.15, 0.2) is 24.1 Å². The van der Waals surface area contributed by atoms with E-state index in [0.29, 0.717) is 23.5 Å². The van der Waals surface area contributed by atoms with Gasteiger partial charge in [0.15, 0.2) is 6.26 Å². The Morgan fingerprint density at radius 2 is 1.73 bits per heavy atom. The SMILES string of the molecule is CC[N+](/C=C/OC(=O)O[C@H]1CC[C@@]2(C)C(=CC[C@@H]3[C@@H]2CC[C@]2(C)C(=O)CC[C@@H]32)C1)(CC)CC. The summed E-state index contributed by atoms with van der Waals surface area (Å²) in [6.45, 7) is 14.0. The molecule has 0 aromatic rings. The van der Waals surface area contributed by atoms with E-state index >= 15 is 0 Å². The molecule has 0 unspecified atom stereocenters. The Kier molecular flexibility index (Phi) is 6.83. The maximum absolute atomic E-state index is 12.6. The zero-order valence-corrected chi connectivity index (χ0v) is 21.4. The van der Waals surface area contributed by atoms with Crippen molar-refractivity contribution >= 4 is 11.9 Å². The Labute approximate surface area is 200 Å². The van der Waals surface area contributed by atoms with E-state index < -0.39 is 6.16 Å². The van der Waals surface area contributed by atoms with Gasteiger partial charge in [0, 0.05) is 18.3 Å². The minimum absolute atomic E-state index is 0.0793. The first-order chi connectivity index (χ1) is 15.7. The Bertz CT molecular complexity index is 819. The van der Waals surface area contributed by atoms with E-state index in [4.69, 9.17) is 9.47 Å². The van der Waals surface area contributed by atoms with Crippen molar-refractivity contribution in [2.75, 3.05) is 19.6 Å². The van der Waals surface area contributed by atoms with Gasteiger partial charge in [0.1, 0.15) is 18.1 Å². The van der Waals surface area contributed by atoms with Gasteiger partial charge in [-0.15, -0.1) is 0 Å². The maximum Gasteiger partial charge on any atom is 0.513 e. The van der Waals surface area contributed by atoms with Crippen LogP contribution in [0.5, 0.6) is 0 Å². The molecule has 0 saturated heterocycles. The summed E-state index contributed by atoms with van der Waals surface area (Å²) in [7, 11) is 0. The zero-order chi connectivity index (χ0) is 23.9. The maximum atomic E-state index is 12.6. The summed E-state index contributed by atoms with van der Waals surface area (Å²) in [6.07, 6.45) is 13.1. The van der Waals surface area contributed by atoms with Gasteiger partial charge in [0.25, 0.3) is 0 Å². The third-order valence-corrected chi connectivity index (χ3v) is 10.5. The molecule has 3 fully saturated rings. The number of hydrogen-bond donors (Lipinski definition) is 0. The number of rotatable bonds is 6. The van der Waals surface area contributed by atoms with Crippen molar-refractivity contribution in [3.05, 3.63) is 24.1 Å². The number of ketones is 1. The van der Waals surface area contributed by atoms with Gasteiger partial charge < -0.3 is 9.47 Å². The summed E-state index contributed by atoms with van der Waals surface area (Å²) in [5.41, 5.74) is 1.57. The molecule has 5 heteroatoms. The summed E-state index contributed by atoms with van der Waals surface area (Å²) >= 11 is 0. The second kappa shape index (κ2) is 9.20. The first-order valence-electron chi connectivity index (χ1n) is 13.3. The van der Waals surface area contributed by atoms with Crippen LogP contribution in [0.1, 0.15) is 86.0 Å². The van der Waals surface area contributed by atoms with E-state index in [1.54, 1.807) is 0 Å². The second-order valence-electron chi connectivity index (χ2n) is 11.5. The standard InChI is InChI=1S/C28H44NO4/c1-6-29(7-2,8-3)17-18-32-26(31)33-21-13-15-27(4)20(19-21)9-10-22-23-11-12-25(30)28(23,5)16-14-24(22)27/h9,17-18,21-24H,6-8,10-16,19H2,1-5H3/q+1/b18-17+/t21-,22-,23-,24-,27-,28-/m0/s1. The van der Waals surface area contributed by atoms with Gasteiger partial charge in [-0.25, -0.2) is 4.79 Å². The van der Waals surface area contributed by atoms with Crippen molar-refractivity contribution in [1.82, 2.24) is 0 Å². The minimum atomic E-state index is -0.589. The van der Waals surface area contributed by atoms with Crippen LogP contribution in [-0.2, 0) is 14.3 Å². The Hall–Kier alpha value is -1.62. The minimum Gasteiger partial charge on any atom is -0.430 e. The molecule has 0 heterocycles. The lowest BCUT2D eigenvalue weighted by molar-refractivity contribution is -0.874. The van der Waals surface area contributed by atoms with Crippen molar-refractivity contribution in [1.29, 1.82) is 0 Å². The van der Waals surface area contributed by atoms with Gasteiger partial charge in [-0.3, -0.25) is 9.28 Å². The Balaban J connectivity index is 1.38. The molecule has 0 aliphatic heterocycles. The van der Waals surface area contributed by atoms with Crippen LogP contribution in [0, 0.1) is 28.6 Å². The quantitative estimate of drug-likeness (QED) is 0.200. The molecule has 0 amide bonds. The van der Waals surface area contributed by atoms with Crippen molar-refractivity contribution in [3.8, 4) is 0 Å². The van der Waals surface area contributed by atoms with E-state index in [0.717, 1.165) is 75.5 Å². The highest BCUT2D eigenvalue weighted by atomic mass is 16.7. The number of carbonyl (C=O) groups is 2. The van der Waals surface area contributed by atoms with Crippen molar-refractivity contribution < 1.29 is 23.5 Å². The zero-order valence-electron chi connectivity index (χ0n) is 21.4. The summed E-state index contributed by atoms with van der Waals surface area (Å²) in [6, 6.07) is 0. The topological polar surface area (TPSA) is 52.6 Å². The van der Waals surface area contributed by atoms with Crippen LogP contribution in [-0.4, -0.2) is 42.2 Å². The molecule has 3 saturated carbocycles. The fourth-order valence-electron chi connectivity index (χ4n) is 7.87. The van der Waals surface area contributed by atoms with Crippen LogP contribution in [0.3, 0.4) is 0 Å². The molecule has 0 N–H and O–H groups in total. The number of fused-ring (bicyclic) bond motifs is 5. The predicted octanol–water partition coefficient (Wildman–Crippen LogP) is 6.39. The Morgan fingerprint density at radius 1 is 1.06 bits per heavy atom. The van der Waals surface area contributed by atoms with Gasteiger partial charge in [-0.05, 0) is 82.5 Å². The summed E-state index contributed by atoms with van der Waals surface area (Å²) in [5, 5.41) is 0. The van der Waals surface area contributed by atoms with Crippen molar-refractivity contribution in [2.24, 2.45) is 28.6 Å². The van der Waals surface area contributed by atoms with Crippen LogP contribution in [0.4, 0.5) is 4.79 Å². The van der Waals surface area contributed by atoms with Crippen molar-refractivity contribution in [3.63, 3.8) is 0 Å². The van der Waals surface area contributed by atoms with Crippen LogP contribution < -0.4 is 0 Å². The largest absolute Gasteiger partial charge is 0.513 e. The lowest BCUT2D eigenvalue weighted by Gasteiger charge is -2.56. The third kappa shape index (κ3) is 4.19. The lowest BCUT2D eigenvalue weighted by Crippen LogP contribution is -2.50. The Morgan fingerprint density at radius 3 is 2.42 bits per heavy atom. The van der Waals surface area contributed by atoms with E-state index in [-0.39, 0.29) is 16.9 Å². The monoisotopic (exact) mass is 458 g/mol. The molecule has 0 aromatic carbocycles. The first kappa shape index (κ1) is 24.5. The molecule has 0 spiro atoms. The fourth-order valence-corrected chi connectivity index (χ4v) is 7.87. The number of Topliss-reactive ketones (excluding diaryl/α,β-unsaturated/α-hetero) is 1. The number of carbonyl (C=O) groups excluding carboxylic acids is 2. The molecule has 5 nitrogen and oxygen atoms in total. The number of allylic oxidation sites excluding steroid dienone is 1. The number of hydrogen-bond acceptors (Lipinski definition) is 4. The molecule has 4 aliphatic rings. The molecule has 0 bridgehead atoms. The van der Waals surface area contributed by atoms with Gasteiger partial charge >= 0.3 is 6.16 Å². The number of ether oxygens (including phenoxy) is 2. The molecule has 4 rings (SSSR count). The van der Waals surface area contributed by atoms with E-state index in [2.05, 4.69) is 40.7 Å². The fraction of sp³-hybridized carbons (Fsp3) is 0.786. The smallest absolute Gasteiger partial charge is 0.430 e. The molecule has 0 aromatic heterocycles. The highest BCUT2D eigenvalue weighted by molar-refractivity contribution is 5.87. The first-order valence-corrected chi connectivity index (χ1v) is 13.3. The van der Waals surface area contributed by atoms with E-state index in [1.807, 2.05) is 6.20 Å². The summed E-state index contributed by atoms with van der Waals surface area (Å²) in [5.74, 6) is 2.34. The van der Waals surface area contributed by atoms with Crippen LogP contribution >= 0.6 is 0 Å². The molecule has 6 atom stereocenters. The second-order valence-corrected chi connectivity index (χ2v) is 11.5. The van der Waals surface area contributed by atoms with Gasteiger partial charge in [0.2, 0.25) is 0 Å². The van der Waals surface area contributed by atoms with Gasteiger partial charge in [-0.1, -0.05) is 25.5 Å². The molecule has 184 valence electrons. The van der Waals surface area contributed by atoms with E-state index in [9.17, 15) is 9.59 Å². The molecule has 33 heavy (non-hydrogen) atoms. The predicted molar refractivity (Wildman–Crippen MR) is 129 cm³/mol. The van der Waals surface area contributed by atoms with Crippen LogP contribution in [0.2, 0.25) is 0 Å². The van der Waals surface area contributed by atoms with Gasteiger partial charge in [0.05, 0.1) is 19.6 Å². The third-order valence-electron chi connectivity index (χ3n) is 10.5. The molecule has 0 radical (unpaired) electrons. The van der Waals surface area contributed by atoms with E-state index in [1.165, 1.54) is 11.8 Å². The average molecular weight is 459 g/mol. The highest BCUT2D eigenvalue weighted by Gasteiger charge is 2.58. The number of nitrogens with zero attached hydrogens (tertiary/aromatic N) is 1. The summed E-state index contributed by atoms with van der Waals surface area (Å²) in [4.78, 5) is 25.0. The normalized spacial score (nSPS) is 38.3. The van der Waals surface area contributed by atoms with Crippen molar-refractivity contribution in [2.45, 2.75) is 92.1 Å². The molecule has 4 aliphatic carbocycles. The summed E-state index contributed by atoms with van der Waals surface area (Å²) < 4.78 is 11.8.